The largest absolute Gasteiger partial charge is 0.464 e. The van der Waals surface area contributed by atoms with Crippen molar-refractivity contribution in [3.8, 4) is 0 Å². The second kappa shape index (κ2) is 6.63. The maximum absolute atomic E-state index is 12.7. The van der Waals surface area contributed by atoms with Gasteiger partial charge in [0.1, 0.15) is 11.5 Å². The van der Waals surface area contributed by atoms with Crippen molar-refractivity contribution in [2.75, 3.05) is 18.5 Å². The van der Waals surface area contributed by atoms with Crippen molar-refractivity contribution in [2.24, 2.45) is 5.92 Å². The van der Waals surface area contributed by atoms with Gasteiger partial charge in [0.05, 0.1) is 6.54 Å². The number of nitrogens with zero attached hydrogens (tertiary/aromatic N) is 2. The van der Waals surface area contributed by atoms with Crippen LogP contribution in [-0.2, 0) is 11.3 Å². The van der Waals surface area contributed by atoms with E-state index in [2.05, 4.69) is 6.92 Å². The van der Waals surface area contributed by atoms with Crippen LogP contribution in [0.5, 0.6) is 0 Å². The lowest BCUT2D eigenvalue weighted by atomic mass is 10.1. The van der Waals surface area contributed by atoms with Gasteiger partial charge in [0.15, 0.2) is 0 Å². The highest BCUT2D eigenvalue weighted by molar-refractivity contribution is 5.97. The lowest BCUT2D eigenvalue weighted by Gasteiger charge is -2.18. The van der Waals surface area contributed by atoms with Crippen molar-refractivity contribution in [2.45, 2.75) is 38.6 Å². The van der Waals surface area contributed by atoms with Crippen LogP contribution in [0, 0.1) is 5.92 Å². The maximum Gasteiger partial charge on any atom is 0.254 e. The molecule has 0 bridgehead atoms. The molecule has 2 heterocycles. The Kier molecular flexibility index (Phi) is 4.31. The summed E-state index contributed by atoms with van der Waals surface area (Å²) < 4.78 is 5.90. The fraction of sp³-hybridized carbons (Fsp3) is 0.429. The predicted octanol–water partition coefficient (Wildman–Crippen LogP) is 3.80. The van der Waals surface area contributed by atoms with E-state index in [0.29, 0.717) is 30.4 Å². The second-order valence-electron chi connectivity index (χ2n) is 7.48. The van der Waals surface area contributed by atoms with E-state index in [1.54, 1.807) is 29.0 Å². The Labute approximate surface area is 153 Å². The van der Waals surface area contributed by atoms with Crippen molar-refractivity contribution in [1.29, 1.82) is 0 Å². The van der Waals surface area contributed by atoms with Gasteiger partial charge in [-0.1, -0.05) is 6.92 Å². The fourth-order valence-corrected chi connectivity index (χ4v) is 3.63. The first-order chi connectivity index (χ1) is 12.5. The summed E-state index contributed by atoms with van der Waals surface area (Å²) in [6.07, 6.45) is 2.69. The fourth-order valence-electron chi connectivity index (χ4n) is 3.63. The smallest absolute Gasteiger partial charge is 0.254 e. The van der Waals surface area contributed by atoms with Gasteiger partial charge >= 0.3 is 0 Å². The average Bonchev–Trinajstić information content (AvgIpc) is 3.01. The molecule has 0 spiro atoms. The predicted molar refractivity (Wildman–Crippen MR) is 99.1 cm³/mol. The molecule has 0 unspecified atom stereocenters. The summed E-state index contributed by atoms with van der Waals surface area (Å²) in [5.41, 5.74) is 1.48. The first-order valence-corrected chi connectivity index (χ1v) is 9.27. The Balaban J connectivity index is 1.40. The third-order valence-corrected chi connectivity index (χ3v) is 5.40. The molecule has 0 radical (unpaired) electrons. The van der Waals surface area contributed by atoms with Crippen LogP contribution in [0.2, 0.25) is 0 Å². The molecule has 1 saturated heterocycles. The number of carbonyl (C=O) groups excluding carboxylic acids is 2. The molecule has 1 aromatic heterocycles. The molecule has 5 heteroatoms. The van der Waals surface area contributed by atoms with Gasteiger partial charge < -0.3 is 14.2 Å². The van der Waals surface area contributed by atoms with E-state index in [4.69, 9.17) is 4.42 Å². The van der Waals surface area contributed by atoms with Crippen LogP contribution < -0.4 is 4.90 Å². The Hall–Kier alpha value is -2.56. The van der Waals surface area contributed by atoms with Gasteiger partial charge in [-0.2, -0.15) is 0 Å². The molecule has 4 rings (SSSR count). The average molecular weight is 352 g/mol. The SMILES string of the molecule is C[C@H]1C[C@H]1c1ccc(CN(C)C(=O)c2ccc(N3CCCC3=O)cc2)o1. The van der Waals surface area contributed by atoms with E-state index >= 15 is 0 Å². The standard InChI is InChI=1S/C21H24N2O3/c1-14-12-18(14)19-10-9-17(26-19)13-22(2)21(25)15-5-7-16(8-6-15)23-11-3-4-20(23)24/h5-10,14,18H,3-4,11-13H2,1-2H3/t14-,18+/m0/s1. The third-order valence-electron chi connectivity index (χ3n) is 5.40. The van der Waals surface area contributed by atoms with Crippen LogP contribution >= 0.6 is 0 Å². The molecule has 1 saturated carbocycles. The minimum absolute atomic E-state index is 0.0537. The topological polar surface area (TPSA) is 53.8 Å². The molecule has 2 amide bonds. The molecule has 2 aromatic rings. The van der Waals surface area contributed by atoms with Crippen LogP contribution in [0.15, 0.2) is 40.8 Å². The zero-order valence-electron chi connectivity index (χ0n) is 15.3. The molecule has 136 valence electrons. The number of hydrogen-bond acceptors (Lipinski definition) is 3. The van der Waals surface area contributed by atoms with Crippen molar-refractivity contribution in [3.05, 3.63) is 53.5 Å². The first-order valence-electron chi connectivity index (χ1n) is 9.27. The minimum Gasteiger partial charge on any atom is -0.464 e. The van der Waals surface area contributed by atoms with Gasteiger partial charge in [0.25, 0.3) is 5.91 Å². The third kappa shape index (κ3) is 3.26. The Bertz CT molecular complexity index is 824. The lowest BCUT2D eigenvalue weighted by Crippen LogP contribution is -2.26. The molecule has 1 aliphatic heterocycles. The molecule has 0 N–H and O–H groups in total. The molecule has 26 heavy (non-hydrogen) atoms. The van der Waals surface area contributed by atoms with E-state index in [0.717, 1.165) is 30.2 Å². The van der Waals surface area contributed by atoms with Crippen LogP contribution in [0.3, 0.4) is 0 Å². The van der Waals surface area contributed by atoms with E-state index < -0.39 is 0 Å². The number of carbonyl (C=O) groups is 2. The highest BCUT2D eigenvalue weighted by Crippen LogP contribution is 2.47. The van der Waals surface area contributed by atoms with E-state index in [-0.39, 0.29) is 11.8 Å². The first kappa shape index (κ1) is 16.9. The highest BCUT2D eigenvalue weighted by atomic mass is 16.3. The Morgan fingerprint density at radius 1 is 1.23 bits per heavy atom. The molecular formula is C21H24N2O3. The minimum atomic E-state index is -0.0537. The monoisotopic (exact) mass is 352 g/mol. The molecule has 1 aromatic carbocycles. The summed E-state index contributed by atoms with van der Waals surface area (Å²) in [5.74, 6) is 3.20. The number of hydrogen-bond donors (Lipinski definition) is 0. The van der Waals surface area contributed by atoms with Gasteiger partial charge in [-0.25, -0.2) is 0 Å². The summed E-state index contributed by atoms with van der Waals surface area (Å²) in [7, 11) is 1.78. The molecule has 2 fully saturated rings. The molecule has 2 atom stereocenters. The van der Waals surface area contributed by atoms with Gasteiger partial charge in [0.2, 0.25) is 5.91 Å². The Morgan fingerprint density at radius 2 is 1.96 bits per heavy atom. The van der Waals surface area contributed by atoms with Crippen LogP contribution in [0.1, 0.15) is 54.0 Å². The van der Waals surface area contributed by atoms with Gasteiger partial charge in [0, 0.05) is 37.2 Å². The quantitative estimate of drug-likeness (QED) is 0.822. The summed E-state index contributed by atoms with van der Waals surface area (Å²) in [4.78, 5) is 27.9. The lowest BCUT2D eigenvalue weighted by molar-refractivity contribution is -0.117. The Morgan fingerprint density at radius 3 is 2.58 bits per heavy atom. The summed E-state index contributed by atoms with van der Waals surface area (Å²) in [6, 6.07) is 11.3. The molecular weight excluding hydrogens is 328 g/mol. The number of benzene rings is 1. The number of anilines is 1. The van der Waals surface area contributed by atoms with Gasteiger partial charge in [-0.15, -0.1) is 0 Å². The molecule has 1 aliphatic carbocycles. The second-order valence-corrected chi connectivity index (χ2v) is 7.48. The summed E-state index contributed by atoms with van der Waals surface area (Å²) >= 11 is 0. The number of amides is 2. The van der Waals surface area contributed by atoms with Crippen molar-refractivity contribution < 1.29 is 14.0 Å². The van der Waals surface area contributed by atoms with Crippen molar-refractivity contribution in [1.82, 2.24) is 4.90 Å². The van der Waals surface area contributed by atoms with E-state index in [1.165, 1.54) is 6.42 Å². The molecule has 5 nitrogen and oxygen atoms in total. The zero-order chi connectivity index (χ0) is 18.3. The van der Waals surface area contributed by atoms with E-state index in [1.807, 2.05) is 24.3 Å². The van der Waals surface area contributed by atoms with Crippen LogP contribution in [0.25, 0.3) is 0 Å². The normalized spacial score (nSPS) is 21.9. The van der Waals surface area contributed by atoms with Crippen molar-refractivity contribution in [3.63, 3.8) is 0 Å². The van der Waals surface area contributed by atoms with Gasteiger partial charge in [-0.05, 0) is 55.2 Å². The zero-order valence-corrected chi connectivity index (χ0v) is 15.3. The van der Waals surface area contributed by atoms with Crippen LogP contribution in [-0.4, -0.2) is 30.3 Å². The van der Waals surface area contributed by atoms with Gasteiger partial charge in [-0.3, -0.25) is 9.59 Å². The number of rotatable bonds is 5. The number of furan rings is 1. The highest BCUT2D eigenvalue weighted by Gasteiger charge is 2.36. The molecule has 2 aliphatic rings. The summed E-state index contributed by atoms with van der Waals surface area (Å²) in [6.45, 7) is 3.43. The van der Waals surface area contributed by atoms with Crippen LogP contribution in [0.4, 0.5) is 5.69 Å². The summed E-state index contributed by atoms with van der Waals surface area (Å²) in [5, 5.41) is 0. The van der Waals surface area contributed by atoms with E-state index in [9.17, 15) is 9.59 Å². The van der Waals surface area contributed by atoms with Crippen molar-refractivity contribution >= 4 is 17.5 Å². The maximum atomic E-state index is 12.7.